The molecule has 0 aromatic rings. The van der Waals surface area contributed by atoms with Gasteiger partial charge in [0.25, 0.3) is 0 Å². The minimum absolute atomic E-state index is 0.140. The van der Waals surface area contributed by atoms with Crippen molar-refractivity contribution in [1.82, 2.24) is 0 Å². The van der Waals surface area contributed by atoms with Gasteiger partial charge in [0.2, 0.25) is 0 Å². The van der Waals surface area contributed by atoms with Gasteiger partial charge in [-0.1, -0.05) is 0 Å². The van der Waals surface area contributed by atoms with Crippen molar-refractivity contribution in [3.8, 4) is 0 Å². The van der Waals surface area contributed by atoms with Gasteiger partial charge in [0.15, 0.2) is 0 Å². The molecule has 0 aromatic heterocycles. The average Bonchev–Trinajstić information content (AvgIpc) is 3.25. The van der Waals surface area contributed by atoms with Gasteiger partial charge in [-0.2, -0.15) is 0 Å². The molecule has 0 bridgehead atoms. The zero-order valence-corrected chi connectivity index (χ0v) is 16.7. The Morgan fingerprint density at radius 3 is 1.78 bits per heavy atom. The molecule has 18 heavy (non-hydrogen) atoms. The van der Waals surface area contributed by atoms with Crippen LogP contribution in [0, 0.1) is 0 Å². The van der Waals surface area contributed by atoms with E-state index in [0.717, 1.165) is 44.9 Å². The van der Waals surface area contributed by atoms with Crippen molar-refractivity contribution in [2.75, 3.05) is 37.9 Å². The quantitative estimate of drug-likeness (QED) is 0.364. The van der Waals surface area contributed by atoms with E-state index in [-0.39, 0.29) is 41.8 Å². The zero-order valence-electron chi connectivity index (χ0n) is 10.4. The molecule has 4 unspecified atom stereocenters. The Labute approximate surface area is 139 Å². The zero-order chi connectivity index (χ0) is 12.2. The number of ether oxygens (including phenoxy) is 2. The summed E-state index contributed by atoms with van der Waals surface area (Å²) in [5.74, 6) is 2.68. The van der Waals surface area contributed by atoms with Gasteiger partial charge >= 0.3 is 140 Å². The Morgan fingerprint density at radius 1 is 0.833 bits per heavy atom. The van der Waals surface area contributed by atoms with Crippen molar-refractivity contribution < 1.29 is 9.47 Å². The molecule has 0 amide bonds. The van der Waals surface area contributed by atoms with Crippen LogP contribution in [0.3, 0.4) is 0 Å². The van der Waals surface area contributed by atoms with E-state index < -0.39 is 0 Å². The third kappa shape index (κ3) is 5.90. The van der Waals surface area contributed by atoms with Crippen LogP contribution < -0.4 is 0 Å². The summed E-state index contributed by atoms with van der Waals surface area (Å²) >= 11 is 4.52. The van der Waals surface area contributed by atoms with E-state index in [2.05, 4.69) is 0 Å². The van der Waals surface area contributed by atoms with E-state index in [9.17, 15) is 0 Å². The Kier molecular flexibility index (Phi) is 6.71. The molecule has 4 atom stereocenters. The van der Waals surface area contributed by atoms with Crippen LogP contribution in [-0.4, -0.2) is 90.3 Å². The monoisotopic (exact) mass is 520 g/mol. The standard InChI is InChI=1S/C12H20O2S2Te2/c1(9-5-15-9)13-3-11-7-17-8-12(18-11)4-14-2-10-6-16-10/h9-12H,1-8H2. The van der Waals surface area contributed by atoms with Crippen LogP contribution >= 0.6 is 23.5 Å². The van der Waals surface area contributed by atoms with E-state index in [4.69, 9.17) is 9.47 Å². The predicted molar refractivity (Wildman–Crippen MR) is 82.8 cm³/mol. The number of hydrogen-bond donors (Lipinski definition) is 0. The van der Waals surface area contributed by atoms with Gasteiger partial charge in [0.05, 0.1) is 0 Å². The molecule has 3 saturated heterocycles. The van der Waals surface area contributed by atoms with E-state index >= 15 is 0 Å². The molecule has 6 heteroatoms. The fourth-order valence-electron chi connectivity index (χ4n) is 1.85. The van der Waals surface area contributed by atoms with Crippen molar-refractivity contribution in [3.63, 3.8) is 0 Å². The van der Waals surface area contributed by atoms with Crippen molar-refractivity contribution in [1.29, 1.82) is 0 Å². The normalized spacial score (nSPS) is 38.7. The molecule has 104 valence electrons. The second-order valence-electron chi connectivity index (χ2n) is 4.90. The van der Waals surface area contributed by atoms with Crippen LogP contribution in [-0.2, 0) is 9.47 Å². The Morgan fingerprint density at radius 2 is 1.33 bits per heavy atom. The fourth-order valence-corrected chi connectivity index (χ4v) is 14.8. The second kappa shape index (κ2) is 8.00. The summed E-state index contributed by atoms with van der Waals surface area (Å²) in [5.41, 5.74) is 0. The summed E-state index contributed by atoms with van der Waals surface area (Å²) in [4.78, 5) is 0. The maximum absolute atomic E-state index is 5.89. The Balaban J connectivity index is 1.26. The van der Waals surface area contributed by atoms with Crippen molar-refractivity contribution >= 4 is 65.4 Å². The third-order valence-corrected chi connectivity index (χ3v) is 16.5. The van der Waals surface area contributed by atoms with Gasteiger partial charge < -0.3 is 0 Å². The van der Waals surface area contributed by atoms with E-state index in [0.29, 0.717) is 0 Å². The molecule has 3 aliphatic heterocycles. The van der Waals surface area contributed by atoms with Crippen LogP contribution in [0.5, 0.6) is 0 Å². The Bertz CT molecular complexity index is 238. The summed E-state index contributed by atoms with van der Waals surface area (Å²) in [6, 6.07) is 0. The van der Waals surface area contributed by atoms with Gasteiger partial charge in [-0.25, -0.2) is 0 Å². The molecule has 3 fully saturated rings. The molecule has 0 aliphatic carbocycles. The van der Waals surface area contributed by atoms with Gasteiger partial charge in [-0.05, 0) is 0 Å². The summed E-state index contributed by atoms with van der Waals surface area (Å²) in [7, 11) is 0. The van der Waals surface area contributed by atoms with Crippen molar-refractivity contribution in [3.05, 3.63) is 0 Å². The van der Waals surface area contributed by atoms with Crippen LogP contribution in [0.4, 0.5) is 0 Å². The molecule has 3 aliphatic rings. The fraction of sp³-hybridized carbons (Fsp3) is 1.00. The van der Waals surface area contributed by atoms with Gasteiger partial charge in [0, 0.05) is 0 Å². The second-order valence-corrected chi connectivity index (χ2v) is 15.2. The van der Waals surface area contributed by atoms with Crippen LogP contribution in [0.25, 0.3) is 0 Å². The summed E-state index contributed by atoms with van der Waals surface area (Å²) in [6.07, 6.45) is 0. The maximum atomic E-state index is 5.89. The van der Waals surface area contributed by atoms with E-state index in [1.165, 1.54) is 11.5 Å². The molecule has 0 radical (unpaired) electrons. The predicted octanol–water partition coefficient (Wildman–Crippen LogP) is 2.09. The first kappa shape index (κ1) is 15.1. The first-order valence-corrected chi connectivity index (χ1v) is 14.6. The number of rotatable bonds is 8. The number of thioether (sulfide) groups is 2. The summed E-state index contributed by atoms with van der Waals surface area (Å²) in [6.45, 7) is 4.21. The minimum atomic E-state index is 0.140. The average molecular weight is 516 g/mol. The molecule has 0 saturated carbocycles. The molecule has 3 rings (SSSR count). The van der Waals surface area contributed by atoms with Crippen molar-refractivity contribution in [2.24, 2.45) is 0 Å². The summed E-state index contributed by atoms with van der Waals surface area (Å²) < 4.78 is 16.9. The van der Waals surface area contributed by atoms with Gasteiger partial charge in [0.1, 0.15) is 0 Å². The molecule has 0 N–H and O–H groups in total. The molecule has 3 heterocycles. The van der Waals surface area contributed by atoms with Gasteiger partial charge in [-0.3, -0.25) is 0 Å². The van der Waals surface area contributed by atoms with E-state index in [1.54, 1.807) is 8.94 Å². The number of hydrogen-bond acceptors (Lipinski definition) is 4. The molecule has 2 nitrogen and oxygen atoms in total. The first-order valence-electron chi connectivity index (χ1n) is 6.52. The third-order valence-electron chi connectivity index (χ3n) is 3.01. The van der Waals surface area contributed by atoms with Crippen LogP contribution in [0.15, 0.2) is 0 Å². The van der Waals surface area contributed by atoms with Crippen LogP contribution in [0.1, 0.15) is 0 Å². The van der Waals surface area contributed by atoms with Crippen molar-refractivity contribution in [2.45, 2.75) is 27.4 Å². The first-order chi connectivity index (χ1) is 8.90. The topological polar surface area (TPSA) is 18.5 Å². The van der Waals surface area contributed by atoms with Gasteiger partial charge in [-0.15, -0.1) is 0 Å². The molecular formula is C12H20O2S2Te2. The van der Waals surface area contributed by atoms with Crippen LogP contribution in [0.2, 0.25) is 16.9 Å². The molecular weight excluding hydrogens is 495 g/mol. The molecule has 0 aromatic carbocycles. The molecule has 0 spiro atoms. The van der Waals surface area contributed by atoms with E-state index in [1.807, 2.05) is 23.5 Å². The Hall–Kier alpha value is 2.20. The summed E-state index contributed by atoms with van der Waals surface area (Å²) in [5, 5.41) is 1.70. The SMILES string of the molecule is C(OCC1C[Te]CC(COCC2CS2)[Te]1)C1CS1.